The molecule has 1 unspecified atom stereocenters. The molecule has 1 heterocycles. The Kier molecular flexibility index (Phi) is 3.71. The third-order valence-electron chi connectivity index (χ3n) is 4.03. The van der Waals surface area contributed by atoms with E-state index in [0.29, 0.717) is 6.42 Å². The van der Waals surface area contributed by atoms with Gasteiger partial charge in [0.05, 0.1) is 10.3 Å². The van der Waals surface area contributed by atoms with Gasteiger partial charge >= 0.3 is 0 Å². The highest BCUT2D eigenvalue weighted by Crippen LogP contribution is 2.34. The van der Waals surface area contributed by atoms with Crippen molar-refractivity contribution in [3.8, 4) is 0 Å². The zero-order valence-electron chi connectivity index (χ0n) is 11.9. The summed E-state index contributed by atoms with van der Waals surface area (Å²) >= 11 is 0. The lowest BCUT2D eigenvalue weighted by Crippen LogP contribution is -2.38. The van der Waals surface area contributed by atoms with Gasteiger partial charge in [-0.3, -0.25) is 4.79 Å². The molecule has 116 valence electrons. The van der Waals surface area contributed by atoms with E-state index in [1.807, 2.05) is 0 Å². The van der Waals surface area contributed by atoms with E-state index in [1.165, 1.54) is 13.0 Å². The second-order valence-electron chi connectivity index (χ2n) is 5.63. The molecule has 0 aromatic heterocycles. The minimum Gasteiger partial charge on any atom is -0.398 e. The lowest BCUT2D eigenvalue weighted by molar-refractivity contribution is -0.126. The van der Waals surface area contributed by atoms with Gasteiger partial charge in [-0.15, -0.1) is 0 Å². The highest BCUT2D eigenvalue weighted by molar-refractivity contribution is 7.89. The summed E-state index contributed by atoms with van der Waals surface area (Å²) in [4.78, 5) is 11.2. The molecule has 1 amide bonds. The van der Waals surface area contributed by atoms with E-state index >= 15 is 0 Å². The minimum absolute atomic E-state index is 0.0138. The predicted molar refractivity (Wildman–Crippen MR) is 76.2 cm³/mol. The number of anilines is 1. The Labute approximate surface area is 123 Å². The maximum Gasteiger partial charge on any atom is 0.243 e. The molecule has 0 saturated carbocycles. The van der Waals surface area contributed by atoms with Gasteiger partial charge in [-0.1, -0.05) is 0 Å². The summed E-state index contributed by atoms with van der Waals surface area (Å²) in [7, 11) is -3.90. The van der Waals surface area contributed by atoms with Crippen molar-refractivity contribution in [3.63, 3.8) is 0 Å². The van der Waals surface area contributed by atoms with E-state index in [-0.39, 0.29) is 29.2 Å². The molecule has 0 bridgehead atoms. The van der Waals surface area contributed by atoms with Crippen LogP contribution in [0.5, 0.6) is 0 Å². The molecule has 2 rings (SSSR count). The van der Waals surface area contributed by atoms with Gasteiger partial charge in [-0.25, -0.2) is 12.8 Å². The van der Waals surface area contributed by atoms with Gasteiger partial charge in [0.1, 0.15) is 5.82 Å². The summed E-state index contributed by atoms with van der Waals surface area (Å²) in [6.07, 6.45) is 0.339. The summed E-state index contributed by atoms with van der Waals surface area (Å²) in [5.74, 6) is -1.22. The summed E-state index contributed by atoms with van der Waals surface area (Å²) in [5.41, 5.74) is 10.3. The third-order valence-corrected chi connectivity index (χ3v) is 5.85. The van der Waals surface area contributed by atoms with Crippen molar-refractivity contribution in [1.29, 1.82) is 0 Å². The molecule has 0 radical (unpaired) electrons. The molecular weight excluding hydrogens is 297 g/mol. The maximum atomic E-state index is 13.7. The van der Waals surface area contributed by atoms with Crippen LogP contribution in [0, 0.1) is 18.2 Å². The monoisotopic (exact) mass is 315 g/mol. The van der Waals surface area contributed by atoms with Gasteiger partial charge in [0.2, 0.25) is 15.9 Å². The third kappa shape index (κ3) is 2.60. The molecule has 0 aliphatic carbocycles. The lowest BCUT2D eigenvalue weighted by Gasteiger charge is -2.21. The number of hydrogen-bond acceptors (Lipinski definition) is 4. The Morgan fingerprint density at radius 2 is 2.05 bits per heavy atom. The average Bonchev–Trinajstić information content (AvgIpc) is 2.80. The van der Waals surface area contributed by atoms with E-state index in [0.717, 1.165) is 10.4 Å². The van der Waals surface area contributed by atoms with E-state index < -0.39 is 27.2 Å². The first-order valence-corrected chi connectivity index (χ1v) is 7.87. The first-order valence-electron chi connectivity index (χ1n) is 6.43. The number of carbonyl (C=O) groups is 1. The van der Waals surface area contributed by atoms with Crippen molar-refractivity contribution in [2.75, 3.05) is 18.8 Å². The molecule has 4 N–H and O–H groups in total. The number of benzene rings is 1. The van der Waals surface area contributed by atoms with Crippen LogP contribution in [0.25, 0.3) is 0 Å². The number of hydrogen-bond donors (Lipinski definition) is 2. The molecule has 0 spiro atoms. The topological polar surface area (TPSA) is 106 Å². The molecule has 21 heavy (non-hydrogen) atoms. The van der Waals surface area contributed by atoms with Gasteiger partial charge < -0.3 is 11.5 Å². The predicted octanol–water partition coefficient (Wildman–Crippen LogP) is 0.602. The van der Waals surface area contributed by atoms with Crippen LogP contribution < -0.4 is 11.5 Å². The van der Waals surface area contributed by atoms with Gasteiger partial charge in [0, 0.05) is 24.3 Å². The number of primary amides is 1. The Balaban J connectivity index is 2.39. The molecule has 8 heteroatoms. The van der Waals surface area contributed by atoms with Crippen LogP contribution in [0.1, 0.15) is 18.9 Å². The molecular formula is C13H18FN3O3S. The fraction of sp³-hybridized carbons (Fsp3) is 0.462. The molecule has 1 aliphatic heterocycles. The quantitative estimate of drug-likeness (QED) is 0.797. The van der Waals surface area contributed by atoms with Crippen molar-refractivity contribution in [3.05, 3.63) is 23.5 Å². The van der Waals surface area contributed by atoms with Gasteiger partial charge in [-0.2, -0.15) is 4.31 Å². The summed E-state index contributed by atoms with van der Waals surface area (Å²) in [6.45, 7) is 3.24. The van der Waals surface area contributed by atoms with E-state index in [2.05, 4.69) is 0 Å². The van der Waals surface area contributed by atoms with Crippen molar-refractivity contribution < 1.29 is 17.6 Å². The number of nitrogens with zero attached hydrogens (tertiary/aromatic N) is 1. The van der Waals surface area contributed by atoms with Gasteiger partial charge in [-0.05, 0) is 32.4 Å². The van der Waals surface area contributed by atoms with Crippen LogP contribution in [0.2, 0.25) is 0 Å². The Morgan fingerprint density at radius 1 is 1.43 bits per heavy atom. The first kappa shape index (κ1) is 15.7. The van der Waals surface area contributed by atoms with Crippen LogP contribution in [0.3, 0.4) is 0 Å². The Hall–Kier alpha value is -1.67. The van der Waals surface area contributed by atoms with Crippen LogP contribution in [-0.4, -0.2) is 31.7 Å². The van der Waals surface area contributed by atoms with Gasteiger partial charge in [0.25, 0.3) is 0 Å². The zero-order chi connectivity index (χ0) is 16.0. The molecule has 1 saturated heterocycles. The number of halogens is 1. The fourth-order valence-corrected chi connectivity index (χ4v) is 3.91. The van der Waals surface area contributed by atoms with Crippen LogP contribution in [0.4, 0.5) is 10.1 Å². The highest BCUT2D eigenvalue weighted by atomic mass is 32.2. The lowest BCUT2D eigenvalue weighted by atomic mass is 9.89. The highest BCUT2D eigenvalue weighted by Gasteiger charge is 2.43. The second-order valence-corrected chi connectivity index (χ2v) is 7.57. The van der Waals surface area contributed by atoms with Crippen molar-refractivity contribution in [2.45, 2.75) is 25.2 Å². The summed E-state index contributed by atoms with van der Waals surface area (Å²) in [6, 6.07) is 2.18. The summed E-state index contributed by atoms with van der Waals surface area (Å²) in [5, 5.41) is 0. The van der Waals surface area contributed by atoms with Crippen LogP contribution in [0.15, 0.2) is 17.0 Å². The van der Waals surface area contributed by atoms with E-state index in [4.69, 9.17) is 11.5 Å². The number of sulfonamides is 1. The number of amides is 1. The molecule has 1 aromatic rings. The first-order chi connectivity index (χ1) is 9.58. The maximum absolute atomic E-state index is 13.7. The molecule has 1 atom stereocenters. The number of nitrogen functional groups attached to an aromatic ring is 1. The Morgan fingerprint density at radius 3 is 2.52 bits per heavy atom. The van der Waals surface area contributed by atoms with Crippen molar-refractivity contribution >= 4 is 21.6 Å². The summed E-state index contributed by atoms with van der Waals surface area (Å²) < 4.78 is 39.9. The minimum atomic E-state index is -3.90. The zero-order valence-corrected chi connectivity index (χ0v) is 12.7. The van der Waals surface area contributed by atoms with Gasteiger partial charge in [0.15, 0.2) is 0 Å². The number of carbonyl (C=O) groups excluding carboxylic acids is 1. The number of rotatable bonds is 3. The second kappa shape index (κ2) is 4.96. The fourth-order valence-electron chi connectivity index (χ4n) is 2.30. The van der Waals surface area contributed by atoms with E-state index in [1.54, 1.807) is 6.92 Å². The molecule has 6 nitrogen and oxygen atoms in total. The Bertz CT molecular complexity index is 682. The van der Waals surface area contributed by atoms with Crippen LogP contribution >= 0.6 is 0 Å². The molecule has 1 fully saturated rings. The van der Waals surface area contributed by atoms with Crippen molar-refractivity contribution in [2.24, 2.45) is 11.1 Å². The average molecular weight is 315 g/mol. The number of nitrogens with two attached hydrogens (primary N) is 2. The SMILES string of the molecule is Cc1c(N)cc(S(=O)(=O)N2CCC(C)(C(N)=O)C2)cc1F. The van der Waals surface area contributed by atoms with Crippen LogP contribution in [-0.2, 0) is 14.8 Å². The molecule has 1 aliphatic rings. The standard InChI is InChI=1S/C13H18FN3O3S/c1-8-10(14)5-9(6-11(8)15)21(19,20)17-4-3-13(2,7-17)12(16)18/h5-6H,3-4,7,15H2,1-2H3,(H2,16,18). The largest absolute Gasteiger partial charge is 0.398 e. The molecule has 1 aromatic carbocycles. The van der Waals surface area contributed by atoms with Crippen molar-refractivity contribution in [1.82, 2.24) is 4.31 Å². The smallest absolute Gasteiger partial charge is 0.243 e. The van der Waals surface area contributed by atoms with E-state index in [9.17, 15) is 17.6 Å². The normalized spacial score (nSPS) is 23.4.